The molecule has 4 nitrogen and oxygen atoms in total. The van der Waals surface area contributed by atoms with Crippen LogP contribution in [0.5, 0.6) is 0 Å². The summed E-state index contributed by atoms with van der Waals surface area (Å²) in [6.45, 7) is 18.2. The summed E-state index contributed by atoms with van der Waals surface area (Å²) in [4.78, 5) is 25.3. The van der Waals surface area contributed by atoms with Gasteiger partial charge in [-0.15, -0.1) is 0 Å². The molecule has 5 saturated carbocycles. The Balaban J connectivity index is 1.32. The molecule has 0 heterocycles. The first-order valence-corrected chi connectivity index (χ1v) is 17.8. The van der Waals surface area contributed by atoms with Crippen LogP contribution in [0.1, 0.15) is 131 Å². The predicted molar refractivity (Wildman–Crippen MR) is 173 cm³/mol. The summed E-state index contributed by atoms with van der Waals surface area (Å²) in [6.07, 6.45) is 12.0. The van der Waals surface area contributed by atoms with Gasteiger partial charge in [-0.1, -0.05) is 78.8 Å². The lowest BCUT2D eigenvalue weighted by molar-refractivity contribution is -0.239. The molecule has 1 amide bonds. The fraction of sp³-hybridized carbons (Fsp3) is 0.795. The molecule has 1 aromatic rings. The first-order valence-electron chi connectivity index (χ1n) is 17.8. The normalized spacial score (nSPS) is 44.9. The van der Waals surface area contributed by atoms with Crippen LogP contribution in [-0.4, -0.2) is 23.5 Å². The molecule has 10 atom stereocenters. The SMILES string of the molecule is CC(C)[C@@H]1CC[C@]2(C(=O)NCCC(=O)O)CC[C@]3(C)[C@H](CC[C@@H]4[C@@]5(C)CC[C@H](c6ccccc6)C(C)(C)[C@@H]5CC[C@]43C)[C@@H]12. The Morgan fingerprint density at radius 2 is 1.56 bits per heavy atom. The zero-order valence-corrected chi connectivity index (χ0v) is 28.2. The highest BCUT2D eigenvalue weighted by Gasteiger charge is 2.71. The standard InChI is InChI=1S/C39H59NO3/c1-25(2)27-15-21-39(34(43)40-24-18-32(41)42)23-22-37(6)29(33(27)39)13-14-31-36(5)19-16-28(26-11-9-8-10-12-26)35(3,4)30(36)17-20-38(31,37)7/h8-12,25,27-31,33H,13-24H2,1-7H3,(H,40,43)(H,41,42)/t27-,28+,29+,30-,31+,33+,36-,37+,38+,39-/m0/s1. The lowest BCUT2D eigenvalue weighted by Crippen LogP contribution is -2.67. The highest BCUT2D eigenvalue weighted by Crippen LogP contribution is 2.78. The first kappa shape index (κ1) is 31.2. The quantitative estimate of drug-likeness (QED) is 0.348. The average Bonchev–Trinajstić information content (AvgIpc) is 3.35. The van der Waals surface area contributed by atoms with Gasteiger partial charge in [-0.05, 0) is 133 Å². The average molecular weight is 590 g/mol. The number of aliphatic carboxylic acids is 1. The summed E-state index contributed by atoms with van der Waals surface area (Å²) >= 11 is 0. The molecule has 6 rings (SSSR count). The van der Waals surface area contributed by atoms with Crippen molar-refractivity contribution in [3.8, 4) is 0 Å². The van der Waals surface area contributed by atoms with Crippen molar-refractivity contribution in [1.82, 2.24) is 5.32 Å². The van der Waals surface area contributed by atoms with Gasteiger partial charge >= 0.3 is 5.97 Å². The Bertz CT molecular complexity index is 1220. The molecule has 5 aliphatic carbocycles. The van der Waals surface area contributed by atoms with Crippen molar-refractivity contribution in [2.24, 2.45) is 62.6 Å². The van der Waals surface area contributed by atoms with E-state index in [-0.39, 0.29) is 40.5 Å². The van der Waals surface area contributed by atoms with Crippen molar-refractivity contribution in [3.05, 3.63) is 35.9 Å². The fourth-order valence-corrected chi connectivity index (χ4v) is 13.5. The molecular formula is C39H59NO3. The van der Waals surface area contributed by atoms with E-state index in [1.54, 1.807) is 0 Å². The molecule has 238 valence electrons. The second-order valence-corrected chi connectivity index (χ2v) is 17.5. The lowest BCUT2D eigenvalue weighted by Gasteiger charge is -2.73. The van der Waals surface area contributed by atoms with Crippen LogP contribution in [-0.2, 0) is 9.59 Å². The number of amides is 1. The number of nitrogens with one attached hydrogen (secondary N) is 1. The van der Waals surface area contributed by atoms with Crippen LogP contribution in [0.15, 0.2) is 30.3 Å². The zero-order chi connectivity index (χ0) is 31.0. The maximum atomic E-state index is 14.0. The maximum absolute atomic E-state index is 14.0. The van der Waals surface area contributed by atoms with E-state index in [2.05, 4.69) is 84.1 Å². The third-order valence-electron chi connectivity index (χ3n) is 15.7. The van der Waals surface area contributed by atoms with E-state index < -0.39 is 5.97 Å². The van der Waals surface area contributed by atoms with Gasteiger partial charge < -0.3 is 10.4 Å². The molecule has 0 spiro atoms. The number of fused-ring (bicyclic) bond motifs is 7. The number of hydrogen-bond acceptors (Lipinski definition) is 2. The van der Waals surface area contributed by atoms with E-state index in [9.17, 15) is 14.7 Å². The molecule has 4 heteroatoms. The number of carboxylic acid groups (broad SMARTS) is 1. The molecule has 5 fully saturated rings. The van der Waals surface area contributed by atoms with Gasteiger partial charge in [0.05, 0.1) is 11.8 Å². The number of carboxylic acids is 1. The minimum absolute atomic E-state index is 0.00220. The number of carbonyl (C=O) groups excluding carboxylic acids is 1. The summed E-state index contributed by atoms with van der Waals surface area (Å²) in [5.74, 6) is 3.52. The Kier molecular flexibility index (Phi) is 7.69. The van der Waals surface area contributed by atoms with Crippen molar-refractivity contribution < 1.29 is 14.7 Å². The van der Waals surface area contributed by atoms with Crippen LogP contribution in [0.4, 0.5) is 0 Å². The first-order chi connectivity index (χ1) is 20.2. The van der Waals surface area contributed by atoms with Crippen LogP contribution in [0.3, 0.4) is 0 Å². The van der Waals surface area contributed by atoms with Crippen LogP contribution in [0, 0.1) is 62.6 Å². The highest BCUT2D eigenvalue weighted by molar-refractivity contribution is 5.84. The second-order valence-electron chi connectivity index (χ2n) is 17.5. The number of carbonyl (C=O) groups is 2. The van der Waals surface area contributed by atoms with E-state index in [1.807, 2.05) is 0 Å². The Morgan fingerprint density at radius 1 is 0.837 bits per heavy atom. The molecule has 43 heavy (non-hydrogen) atoms. The third-order valence-corrected chi connectivity index (χ3v) is 15.7. The number of rotatable bonds is 6. The van der Waals surface area contributed by atoms with Gasteiger partial charge in [0.1, 0.15) is 0 Å². The molecule has 0 radical (unpaired) electrons. The van der Waals surface area contributed by atoms with Crippen molar-refractivity contribution >= 4 is 11.9 Å². The number of benzene rings is 1. The van der Waals surface area contributed by atoms with Crippen molar-refractivity contribution in [2.45, 2.75) is 125 Å². The highest BCUT2D eigenvalue weighted by atomic mass is 16.4. The predicted octanol–water partition coefficient (Wildman–Crippen LogP) is 9.10. The summed E-state index contributed by atoms with van der Waals surface area (Å²) in [5, 5.41) is 12.4. The van der Waals surface area contributed by atoms with E-state index in [0.717, 1.165) is 37.5 Å². The van der Waals surface area contributed by atoms with Crippen LogP contribution in [0.25, 0.3) is 0 Å². The van der Waals surface area contributed by atoms with E-state index in [4.69, 9.17) is 0 Å². The Hall–Kier alpha value is -1.84. The molecule has 2 N–H and O–H groups in total. The maximum Gasteiger partial charge on any atom is 0.305 e. The molecular weight excluding hydrogens is 530 g/mol. The van der Waals surface area contributed by atoms with Gasteiger partial charge in [0, 0.05) is 6.54 Å². The largest absolute Gasteiger partial charge is 0.481 e. The summed E-state index contributed by atoms with van der Waals surface area (Å²) in [5.41, 5.74) is 2.36. The number of hydrogen-bond donors (Lipinski definition) is 2. The second kappa shape index (κ2) is 10.6. The van der Waals surface area contributed by atoms with Gasteiger partial charge in [0.25, 0.3) is 0 Å². The smallest absolute Gasteiger partial charge is 0.305 e. The van der Waals surface area contributed by atoms with Crippen LogP contribution in [0.2, 0.25) is 0 Å². The summed E-state index contributed by atoms with van der Waals surface area (Å²) in [6, 6.07) is 11.3. The molecule has 0 saturated heterocycles. The molecule has 0 bridgehead atoms. The van der Waals surface area contributed by atoms with E-state index in [1.165, 1.54) is 44.1 Å². The molecule has 5 aliphatic rings. The topological polar surface area (TPSA) is 66.4 Å². The molecule has 0 aliphatic heterocycles. The van der Waals surface area contributed by atoms with E-state index >= 15 is 0 Å². The van der Waals surface area contributed by atoms with Gasteiger partial charge in [-0.25, -0.2) is 0 Å². The van der Waals surface area contributed by atoms with Gasteiger partial charge in [0.15, 0.2) is 0 Å². The monoisotopic (exact) mass is 589 g/mol. The van der Waals surface area contributed by atoms with Crippen molar-refractivity contribution in [2.75, 3.05) is 6.54 Å². The van der Waals surface area contributed by atoms with Gasteiger partial charge in [0.2, 0.25) is 5.91 Å². The third kappa shape index (κ3) is 4.41. The van der Waals surface area contributed by atoms with Gasteiger partial charge in [-0.2, -0.15) is 0 Å². The van der Waals surface area contributed by atoms with Crippen LogP contribution < -0.4 is 5.32 Å². The van der Waals surface area contributed by atoms with Gasteiger partial charge in [-0.3, -0.25) is 9.59 Å². The molecule has 0 unspecified atom stereocenters. The van der Waals surface area contributed by atoms with Crippen LogP contribution >= 0.6 is 0 Å². The minimum atomic E-state index is -0.839. The Labute approximate surface area is 261 Å². The fourth-order valence-electron chi connectivity index (χ4n) is 13.5. The zero-order valence-electron chi connectivity index (χ0n) is 28.2. The Morgan fingerprint density at radius 3 is 2.23 bits per heavy atom. The lowest BCUT2D eigenvalue weighted by atomic mass is 9.31. The minimum Gasteiger partial charge on any atom is -0.481 e. The summed E-state index contributed by atoms with van der Waals surface area (Å²) < 4.78 is 0. The summed E-state index contributed by atoms with van der Waals surface area (Å²) in [7, 11) is 0. The van der Waals surface area contributed by atoms with E-state index in [0.29, 0.717) is 35.0 Å². The molecule has 1 aromatic carbocycles. The van der Waals surface area contributed by atoms with Crippen molar-refractivity contribution in [1.29, 1.82) is 0 Å². The molecule has 0 aromatic heterocycles. The van der Waals surface area contributed by atoms with Crippen molar-refractivity contribution in [3.63, 3.8) is 0 Å².